The van der Waals surface area contributed by atoms with Crippen molar-refractivity contribution < 1.29 is 9.59 Å². The lowest BCUT2D eigenvalue weighted by Crippen LogP contribution is -2.50. The van der Waals surface area contributed by atoms with Crippen molar-refractivity contribution >= 4 is 22.6 Å². The van der Waals surface area contributed by atoms with E-state index >= 15 is 0 Å². The van der Waals surface area contributed by atoms with Crippen LogP contribution in [-0.4, -0.2) is 24.4 Å². The first-order chi connectivity index (χ1) is 10.2. The molecule has 1 heterocycles. The van der Waals surface area contributed by atoms with Crippen LogP contribution in [0.15, 0.2) is 42.5 Å². The second-order valence-corrected chi connectivity index (χ2v) is 5.41. The Morgan fingerprint density at radius 3 is 2.81 bits per heavy atom. The van der Waals surface area contributed by atoms with Gasteiger partial charge in [-0.2, -0.15) is 0 Å². The second kappa shape index (κ2) is 5.95. The summed E-state index contributed by atoms with van der Waals surface area (Å²) in [5.74, 6) is -0.180. The molecule has 108 valence electrons. The third kappa shape index (κ3) is 3.21. The highest BCUT2D eigenvalue weighted by Gasteiger charge is 2.23. The minimum absolute atomic E-state index is 0.0758. The minimum atomic E-state index is -0.383. The number of benzene rings is 2. The number of nitrogens with one attached hydrogen (secondary N) is 2. The average molecular weight is 282 g/mol. The largest absolute Gasteiger partial charge is 0.354 e. The van der Waals surface area contributed by atoms with Gasteiger partial charge in [0, 0.05) is 6.54 Å². The SMILES string of the molecule is O=C(Cc1ccc2ccccc2c1)NC1CCCNC1=O. The number of carbonyl (C=O) groups excluding carboxylic acids is 2. The Kier molecular flexibility index (Phi) is 3.86. The molecule has 1 aliphatic rings. The van der Waals surface area contributed by atoms with Gasteiger partial charge in [0.05, 0.1) is 6.42 Å². The fourth-order valence-electron chi connectivity index (χ4n) is 2.69. The molecule has 1 atom stereocenters. The maximum atomic E-state index is 12.1. The van der Waals surface area contributed by atoms with Crippen LogP contribution in [0.2, 0.25) is 0 Å². The van der Waals surface area contributed by atoms with E-state index in [1.807, 2.05) is 42.5 Å². The summed E-state index contributed by atoms with van der Waals surface area (Å²) in [5, 5.41) is 7.87. The molecule has 4 heteroatoms. The Morgan fingerprint density at radius 1 is 1.19 bits per heavy atom. The van der Waals surface area contributed by atoms with E-state index in [-0.39, 0.29) is 17.9 Å². The second-order valence-electron chi connectivity index (χ2n) is 5.41. The average Bonchev–Trinajstić information content (AvgIpc) is 2.49. The van der Waals surface area contributed by atoms with Crippen LogP contribution in [0.1, 0.15) is 18.4 Å². The Bertz CT molecular complexity index is 681. The normalized spacial score (nSPS) is 18.3. The van der Waals surface area contributed by atoms with E-state index < -0.39 is 0 Å². The molecule has 4 nitrogen and oxygen atoms in total. The lowest BCUT2D eigenvalue weighted by Gasteiger charge is -2.22. The zero-order valence-corrected chi connectivity index (χ0v) is 11.8. The van der Waals surface area contributed by atoms with Crippen LogP contribution in [0.3, 0.4) is 0 Å². The van der Waals surface area contributed by atoms with Crippen molar-refractivity contribution in [2.75, 3.05) is 6.54 Å². The summed E-state index contributed by atoms with van der Waals surface area (Å²) in [7, 11) is 0. The number of fused-ring (bicyclic) bond motifs is 1. The molecule has 2 aromatic carbocycles. The van der Waals surface area contributed by atoms with Crippen LogP contribution >= 0.6 is 0 Å². The van der Waals surface area contributed by atoms with Gasteiger partial charge in [-0.1, -0.05) is 42.5 Å². The van der Waals surface area contributed by atoms with Gasteiger partial charge < -0.3 is 10.6 Å². The summed E-state index contributed by atoms with van der Waals surface area (Å²) in [5.41, 5.74) is 0.961. The van der Waals surface area contributed by atoms with E-state index in [9.17, 15) is 9.59 Å². The highest BCUT2D eigenvalue weighted by atomic mass is 16.2. The molecule has 0 aliphatic carbocycles. The Hall–Kier alpha value is -2.36. The monoisotopic (exact) mass is 282 g/mol. The molecular formula is C17H18N2O2. The number of rotatable bonds is 3. The lowest BCUT2D eigenvalue weighted by atomic mass is 10.0. The van der Waals surface area contributed by atoms with Gasteiger partial charge in [0.1, 0.15) is 6.04 Å². The number of hydrogen-bond donors (Lipinski definition) is 2. The van der Waals surface area contributed by atoms with Crippen molar-refractivity contribution in [3.8, 4) is 0 Å². The van der Waals surface area contributed by atoms with Crippen LogP contribution in [0.25, 0.3) is 10.8 Å². The summed E-state index contributed by atoms with van der Waals surface area (Å²) in [6.07, 6.45) is 1.93. The molecule has 1 saturated heterocycles. The Labute approximate surface area is 123 Å². The number of amides is 2. The van der Waals surface area contributed by atoms with Crippen LogP contribution < -0.4 is 10.6 Å². The molecule has 0 saturated carbocycles. The smallest absolute Gasteiger partial charge is 0.242 e. The van der Waals surface area contributed by atoms with E-state index in [1.165, 1.54) is 0 Å². The quantitative estimate of drug-likeness (QED) is 0.901. The fraction of sp³-hybridized carbons (Fsp3) is 0.294. The molecule has 21 heavy (non-hydrogen) atoms. The predicted molar refractivity (Wildman–Crippen MR) is 81.8 cm³/mol. The van der Waals surface area contributed by atoms with Crippen molar-refractivity contribution in [1.82, 2.24) is 10.6 Å². The first kappa shape index (κ1) is 13.6. The van der Waals surface area contributed by atoms with Crippen molar-refractivity contribution in [3.05, 3.63) is 48.0 Å². The molecular weight excluding hydrogens is 264 g/mol. The zero-order valence-electron chi connectivity index (χ0n) is 11.8. The zero-order chi connectivity index (χ0) is 14.7. The first-order valence-electron chi connectivity index (χ1n) is 7.27. The molecule has 2 aromatic rings. The van der Waals surface area contributed by atoms with E-state index in [4.69, 9.17) is 0 Å². The van der Waals surface area contributed by atoms with Gasteiger partial charge in [0.15, 0.2) is 0 Å². The molecule has 0 spiro atoms. The summed E-state index contributed by atoms with van der Waals surface area (Å²) in [6, 6.07) is 13.7. The van der Waals surface area contributed by atoms with E-state index in [2.05, 4.69) is 10.6 Å². The van der Waals surface area contributed by atoms with Gasteiger partial charge in [-0.15, -0.1) is 0 Å². The lowest BCUT2D eigenvalue weighted by molar-refractivity contribution is -0.129. The van der Waals surface area contributed by atoms with E-state index in [0.717, 1.165) is 29.2 Å². The number of carbonyl (C=O) groups is 2. The summed E-state index contributed by atoms with van der Waals surface area (Å²) >= 11 is 0. The fourth-order valence-corrected chi connectivity index (χ4v) is 2.69. The van der Waals surface area contributed by atoms with Gasteiger partial charge in [-0.05, 0) is 29.2 Å². The summed E-state index contributed by atoms with van der Waals surface area (Å²) in [6.45, 7) is 0.704. The van der Waals surface area contributed by atoms with Gasteiger partial charge in [-0.25, -0.2) is 0 Å². The van der Waals surface area contributed by atoms with E-state index in [1.54, 1.807) is 0 Å². The van der Waals surface area contributed by atoms with Gasteiger partial charge in [-0.3, -0.25) is 9.59 Å². The molecule has 3 rings (SSSR count). The maximum absolute atomic E-state index is 12.1. The predicted octanol–water partition coefficient (Wildman–Crippen LogP) is 1.78. The van der Waals surface area contributed by atoms with Crippen LogP contribution in [0.4, 0.5) is 0 Å². The van der Waals surface area contributed by atoms with Crippen LogP contribution in [-0.2, 0) is 16.0 Å². The minimum Gasteiger partial charge on any atom is -0.354 e. The van der Waals surface area contributed by atoms with Gasteiger partial charge in [0.25, 0.3) is 0 Å². The molecule has 1 fully saturated rings. The summed E-state index contributed by atoms with van der Waals surface area (Å²) in [4.78, 5) is 23.7. The third-order valence-corrected chi connectivity index (χ3v) is 3.80. The number of piperidine rings is 1. The highest BCUT2D eigenvalue weighted by molar-refractivity contribution is 5.89. The molecule has 0 radical (unpaired) electrons. The van der Waals surface area contributed by atoms with Crippen LogP contribution in [0, 0.1) is 0 Å². The molecule has 2 amide bonds. The molecule has 2 N–H and O–H groups in total. The third-order valence-electron chi connectivity index (χ3n) is 3.80. The molecule has 0 bridgehead atoms. The van der Waals surface area contributed by atoms with Crippen molar-refractivity contribution in [3.63, 3.8) is 0 Å². The van der Waals surface area contributed by atoms with Gasteiger partial charge in [0.2, 0.25) is 11.8 Å². The van der Waals surface area contributed by atoms with E-state index in [0.29, 0.717) is 13.0 Å². The topological polar surface area (TPSA) is 58.2 Å². The van der Waals surface area contributed by atoms with Crippen molar-refractivity contribution in [2.24, 2.45) is 0 Å². The highest BCUT2D eigenvalue weighted by Crippen LogP contribution is 2.16. The first-order valence-corrected chi connectivity index (χ1v) is 7.27. The Balaban J connectivity index is 1.66. The molecule has 1 aliphatic heterocycles. The van der Waals surface area contributed by atoms with Crippen LogP contribution in [0.5, 0.6) is 0 Å². The molecule has 1 unspecified atom stereocenters. The standard InChI is InChI=1S/C17H18N2O2/c20-16(19-15-6-3-9-18-17(15)21)11-12-7-8-13-4-1-2-5-14(13)10-12/h1-2,4-5,7-8,10,15H,3,6,9,11H2,(H,18,21)(H,19,20). The van der Waals surface area contributed by atoms with Gasteiger partial charge >= 0.3 is 0 Å². The number of hydrogen-bond acceptors (Lipinski definition) is 2. The maximum Gasteiger partial charge on any atom is 0.242 e. The van der Waals surface area contributed by atoms with Crippen molar-refractivity contribution in [2.45, 2.75) is 25.3 Å². The summed E-state index contributed by atoms with van der Waals surface area (Å²) < 4.78 is 0. The molecule has 0 aromatic heterocycles. The Morgan fingerprint density at radius 2 is 2.00 bits per heavy atom. The van der Waals surface area contributed by atoms with Crippen molar-refractivity contribution in [1.29, 1.82) is 0 Å².